The highest BCUT2D eigenvalue weighted by atomic mass is 79.9. The van der Waals surface area contributed by atoms with Gasteiger partial charge in [-0.3, -0.25) is 4.79 Å². The molecule has 0 saturated carbocycles. The van der Waals surface area contributed by atoms with Crippen LogP contribution in [0.5, 0.6) is 0 Å². The van der Waals surface area contributed by atoms with Crippen LogP contribution in [-0.4, -0.2) is 28.7 Å². The maximum atomic E-state index is 12.4. The average molecular weight is 345 g/mol. The summed E-state index contributed by atoms with van der Waals surface area (Å²) >= 11 is 9.57. The van der Waals surface area contributed by atoms with Crippen LogP contribution in [0.25, 0.3) is 0 Å². The van der Waals surface area contributed by atoms with Crippen molar-refractivity contribution >= 4 is 33.4 Å². The molecule has 1 saturated heterocycles. The van der Waals surface area contributed by atoms with Gasteiger partial charge in [0.2, 0.25) is 5.91 Å². The van der Waals surface area contributed by atoms with Crippen LogP contribution in [0.1, 0.15) is 31.2 Å². The second-order valence-electron chi connectivity index (χ2n) is 4.98. The van der Waals surface area contributed by atoms with Gasteiger partial charge in [0.25, 0.3) is 0 Å². The number of likely N-dealkylation sites (tertiary alicyclic amines) is 1. The van der Waals surface area contributed by atoms with Crippen molar-refractivity contribution in [1.29, 1.82) is 0 Å². The van der Waals surface area contributed by atoms with Crippen LogP contribution in [0.15, 0.2) is 24.3 Å². The summed E-state index contributed by atoms with van der Waals surface area (Å²) in [7, 11) is 0. The molecule has 19 heavy (non-hydrogen) atoms. The maximum absolute atomic E-state index is 12.4. The Morgan fingerprint density at radius 3 is 2.95 bits per heavy atom. The Hall–Kier alpha value is -0.540. The first-order valence-electron chi connectivity index (χ1n) is 6.81. The molecule has 1 aromatic carbocycles. The van der Waals surface area contributed by atoms with E-state index in [2.05, 4.69) is 15.9 Å². The number of alkyl halides is 1. The van der Waals surface area contributed by atoms with E-state index in [-0.39, 0.29) is 5.91 Å². The first kappa shape index (κ1) is 14.9. The van der Waals surface area contributed by atoms with E-state index in [9.17, 15) is 4.79 Å². The van der Waals surface area contributed by atoms with Crippen molar-refractivity contribution in [1.82, 2.24) is 4.90 Å². The van der Waals surface area contributed by atoms with E-state index >= 15 is 0 Å². The van der Waals surface area contributed by atoms with Crippen LogP contribution in [0.2, 0.25) is 5.02 Å². The van der Waals surface area contributed by atoms with Gasteiger partial charge in [-0.2, -0.15) is 0 Å². The number of hydrogen-bond acceptors (Lipinski definition) is 1. The van der Waals surface area contributed by atoms with Gasteiger partial charge in [-0.1, -0.05) is 45.7 Å². The highest BCUT2D eigenvalue weighted by molar-refractivity contribution is 9.09. The molecule has 104 valence electrons. The Balaban J connectivity index is 1.97. The number of nitrogens with zero attached hydrogens (tertiary/aromatic N) is 1. The second kappa shape index (κ2) is 7.30. The lowest BCUT2D eigenvalue weighted by Crippen LogP contribution is -2.36. The lowest BCUT2D eigenvalue weighted by Gasteiger charge is -2.25. The van der Waals surface area contributed by atoms with E-state index in [4.69, 9.17) is 11.6 Å². The summed E-state index contributed by atoms with van der Waals surface area (Å²) in [5.41, 5.74) is 0.931. The van der Waals surface area contributed by atoms with Crippen molar-refractivity contribution in [2.45, 2.75) is 38.1 Å². The molecule has 1 aliphatic heterocycles. The van der Waals surface area contributed by atoms with E-state index in [0.717, 1.165) is 43.1 Å². The predicted octanol–water partition coefficient (Wildman–Crippen LogP) is 4.05. The first-order chi connectivity index (χ1) is 9.22. The van der Waals surface area contributed by atoms with E-state index in [1.807, 2.05) is 29.2 Å². The third-order valence-electron chi connectivity index (χ3n) is 3.67. The quantitative estimate of drug-likeness (QED) is 0.738. The SMILES string of the molecule is O=C(Cc1ccccc1Cl)N1CCCC1CCCBr. The standard InChI is InChI=1S/C15H19BrClNO/c16-9-3-6-13-7-4-10-18(13)15(19)11-12-5-1-2-8-14(12)17/h1-2,5,8,13H,3-4,6-7,9-11H2. The second-order valence-corrected chi connectivity index (χ2v) is 6.18. The molecule has 0 spiro atoms. The molecule has 0 radical (unpaired) electrons. The Morgan fingerprint density at radius 2 is 2.21 bits per heavy atom. The van der Waals surface area contributed by atoms with Gasteiger partial charge in [-0.25, -0.2) is 0 Å². The first-order valence-corrected chi connectivity index (χ1v) is 8.31. The molecular formula is C15H19BrClNO. The van der Waals surface area contributed by atoms with Gasteiger partial charge in [0, 0.05) is 22.9 Å². The number of amides is 1. The summed E-state index contributed by atoms with van der Waals surface area (Å²) in [4.78, 5) is 14.4. The zero-order chi connectivity index (χ0) is 13.7. The largest absolute Gasteiger partial charge is 0.339 e. The summed E-state index contributed by atoms with van der Waals surface area (Å²) < 4.78 is 0. The fourth-order valence-electron chi connectivity index (χ4n) is 2.68. The van der Waals surface area contributed by atoms with Gasteiger partial charge in [-0.05, 0) is 37.3 Å². The summed E-state index contributed by atoms with van der Waals surface area (Å²) in [6, 6.07) is 8.03. The number of carbonyl (C=O) groups is 1. The number of benzene rings is 1. The molecule has 1 fully saturated rings. The molecule has 4 heteroatoms. The third kappa shape index (κ3) is 3.96. The van der Waals surface area contributed by atoms with Crippen LogP contribution in [-0.2, 0) is 11.2 Å². The van der Waals surface area contributed by atoms with E-state index in [1.54, 1.807) is 0 Å². The van der Waals surface area contributed by atoms with Crippen LogP contribution in [0, 0.1) is 0 Å². The summed E-state index contributed by atoms with van der Waals surface area (Å²) in [6.07, 6.45) is 4.91. The molecular weight excluding hydrogens is 326 g/mol. The highest BCUT2D eigenvalue weighted by Crippen LogP contribution is 2.24. The minimum atomic E-state index is 0.213. The molecule has 0 N–H and O–H groups in total. The Kier molecular flexibility index (Phi) is 5.71. The number of hydrogen-bond donors (Lipinski definition) is 0. The monoisotopic (exact) mass is 343 g/mol. The van der Waals surface area contributed by atoms with Crippen molar-refractivity contribution in [2.24, 2.45) is 0 Å². The Labute approximate surface area is 128 Å². The minimum absolute atomic E-state index is 0.213. The third-order valence-corrected chi connectivity index (χ3v) is 4.60. The minimum Gasteiger partial charge on any atom is -0.339 e. The smallest absolute Gasteiger partial charge is 0.227 e. The van der Waals surface area contributed by atoms with Gasteiger partial charge < -0.3 is 4.90 Å². The molecule has 2 rings (SSSR count). The average Bonchev–Trinajstić information content (AvgIpc) is 2.87. The lowest BCUT2D eigenvalue weighted by molar-refractivity contribution is -0.131. The van der Waals surface area contributed by atoms with Crippen molar-refractivity contribution in [2.75, 3.05) is 11.9 Å². The molecule has 0 aromatic heterocycles. The van der Waals surface area contributed by atoms with Crippen LogP contribution in [0.4, 0.5) is 0 Å². The lowest BCUT2D eigenvalue weighted by atomic mass is 10.1. The fraction of sp³-hybridized carbons (Fsp3) is 0.533. The number of halogens is 2. The molecule has 1 unspecified atom stereocenters. The van der Waals surface area contributed by atoms with Crippen molar-refractivity contribution in [3.05, 3.63) is 34.9 Å². The van der Waals surface area contributed by atoms with E-state index in [0.29, 0.717) is 17.5 Å². The van der Waals surface area contributed by atoms with Gasteiger partial charge >= 0.3 is 0 Å². The molecule has 1 atom stereocenters. The zero-order valence-electron chi connectivity index (χ0n) is 10.9. The van der Waals surface area contributed by atoms with Crippen molar-refractivity contribution in [3.8, 4) is 0 Å². The molecule has 0 aliphatic carbocycles. The van der Waals surface area contributed by atoms with Gasteiger partial charge in [-0.15, -0.1) is 0 Å². The molecule has 1 aromatic rings. The molecule has 2 nitrogen and oxygen atoms in total. The summed E-state index contributed by atoms with van der Waals surface area (Å²) in [5, 5.41) is 1.70. The van der Waals surface area contributed by atoms with Crippen LogP contribution in [0.3, 0.4) is 0 Å². The summed E-state index contributed by atoms with van der Waals surface area (Å²) in [5.74, 6) is 0.213. The Bertz CT molecular complexity index is 438. The van der Waals surface area contributed by atoms with Gasteiger partial charge in [0.1, 0.15) is 0 Å². The zero-order valence-corrected chi connectivity index (χ0v) is 13.3. The van der Waals surface area contributed by atoms with Crippen LogP contribution < -0.4 is 0 Å². The van der Waals surface area contributed by atoms with Crippen LogP contribution >= 0.6 is 27.5 Å². The highest BCUT2D eigenvalue weighted by Gasteiger charge is 2.28. The normalized spacial score (nSPS) is 18.8. The topological polar surface area (TPSA) is 20.3 Å². The fourth-order valence-corrected chi connectivity index (χ4v) is 3.21. The molecule has 1 amide bonds. The van der Waals surface area contributed by atoms with Crippen molar-refractivity contribution in [3.63, 3.8) is 0 Å². The Morgan fingerprint density at radius 1 is 1.42 bits per heavy atom. The van der Waals surface area contributed by atoms with Gasteiger partial charge in [0.15, 0.2) is 0 Å². The van der Waals surface area contributed by atoms with E-state index < -0.39 is 0 Å². The number of carbonyl (C=O) groups excluding carboxylic acids is 1. The molecule has 0 bridgehead atoms. The van der Waals surface area contributed by atoms with Gasteiger partial charge in [0.05, 0.1) is 6.42 Å². The molecule has 1 aliphatic rings. The molecule has 1 heterocycles. The van der Waals surface area contributed by atoms with E-state index in [1.165, 1.54) is 0 Å². The predicted molar refractivity (Wildman–Crippen MR) is 82.9 cm³/mol. The summed E-state index contributed by atoms with van der Waals surface area (Å²) in [6.45, 7) is 0.899. The maximum Gasteiger partial charge on any atom is 0.227 e. The number of rotatable bonds is 5. The van der Waals surface area contributed by atoms with Crippen molar-refractivity contribution < 1.29 is 4.79 Å².